The fraction of sp³-hybridized carbons (Fsp3) is 0.769. The van der Waals surface area contributed by atoms with Crippen molar-refractivity contribution in [1.82, 2.24) is 15.1 Å². The molecule has 1 aliphatic heterocycles. The summed E-state index contributed by atoms with van der Waals surface area (Å²) in [5.41, 5.74) is 2.36. The molecule has 1 saturated heterocycles. The van der Waals surface area contributed by atoms with E-state index in [0.717, 1.165) is 42.6 Å². The summed E-state index contributed by atoms with van der Waals surface area (Å²) in [6.45, 7) is 6.00. The van der Waals surface area contributed by atoms with Crippen molar-refractivity contribution in [2.75, 3.05) is 6.61 Å². The summed E-state index contributed by atoms with van der Waals surface area (Å²) in [4.78, 5) is 0. The lowest BCUT2D eigenvalue weighted by molar-refractivity contribution is 0.0129. The van der Waals surface area contributed by atoms with E-state index in [1.54, 1.807) is 0 Å². The average molecular weight is 316 g/mol. The highest BCUT2D eigenvalue weighted by molar-refractivity contribution is 9.10. The van der Waals surface area contributed by atoms with Gasteiger partial charge in [-0.15, -0.1) is 0 Å². The third-order valence-electron chi connectivity index (χ3n) is 3.55. The summed E-state index contributed by atoms with van der Waals surface area (Å²) < 4.78 is 8.69. The van der Waals surface area contributed by atoms with Gasteiger partial charge in [0, 0.05) is 26.2 Å². The molecule has 102 valence electrons. The zero-order valence-corrected chi connectivity index (χ0v) is 13.0. The summed E-state index contributed by atoms with van der Waals surface area (Å²) in [7, 11) is 2.01. The van der Waals surface area contributed by atoms with E-state index in [1.165, 1.54) is 5.69 Å². The number of hydrogen-bond acceptors (Lipinski definition) is 3. The zero-order valence-electron chi connectivity index (χ0n) is 11.4. The quantitative estimate of drug-likeness (QED) is 0.927. The Morgan fingerprint density at radius 1 is 1.56 bits per heavy atom. The Bertz CT molecular complexity index is 405. The fourth-order valence-electron chi connectivity index (χ4n) is 2.44. The third kappa shape index (κ3) is 3.13. The molecule has 0 spiro atoms. The minimum absolute atomic E-state index is 0.373. The molecule has 1 aromatic heterocycles. The molecule has 0 bridgehead atoms. The van der Waals surface area contributed by atoms with E-state index in [2.05, 4.69) is 40.2 Å². The number of nitrogens with zero attached hydrogens (tertiary/aromatic N) is 2. The van der Waals surface area contributed by atoms with Crippen molar-refractivity contribution < 1.29 is 4.74 Å². The lowest BCUT2D eigenvalue weighted by Crippen LogP contribution is -2.37. The molecule has 0 amide bonds. The van der Waals surface area contributed by atoms with Gasteiger partial charge in [0.2, 0.25) is 0 Å². The van der Waals surface area contributed by atoms with Crippen LogP contribution in [-0.2, 0) is 24.8 Å². The molecule has 0 aromatic carbocycles. The van der Waals surface area contributed by atoms with Gasteiger partial charge in [0.15, 0.2) is 0 Å². The van der Waals surface area contributed by atoms with Crippen molar-refractivity contribution in [3.8, 4) is 0 Å². The number of aromatic nitrogens is 2. The van der Waals surface area contributed by atoms with Crippen LogP contribution in [0.4, 0.5) is 0 Å². The van der Waals surface area contributed by atoms with Crippen molar-refractivity contribution in [1.29, 1.82) is 0 Å². The predicted octanol–water partition coefficient (Wildman–Crippen LogP) is 2.40. The van der Waals surface area contributed by atoms with Crippen LogP contribution in [0.25, 0.3) is 0 Å². The number of halogens is 1. The van der Waals surface area contributed by atoms with Crippen molar-refractivity contribution in [2.45, 2.75) is 51.8 Å². The Morgan fingerprint density at radius 3 is 2.94 bits per heavy atom. The number of hydrogen-bond donors (Lipinski definition) is 1. The molecule has 18 heavy (non-hydrogen) atoms. The molecule has 0 saturated carbocycles. The largest absolute Gasteiger partial charge is 0.378 e. The van der Waals surface area contributed by atoms with E-state index in [4.69, 9.17) is 4.74 Å². The zero-order chi connectivity index (χ0) is 13.1. The molecule has 2 heterocycles. The van der Waals surface area contributed by atoms with E-state index in [1.807, 2.05) is 11.7 Å². The van der Waals surface area contributed by atoms with Crippen LogP contribution >= 0.6 is 15.9 Å². The molecule has 2 rings (SSSR count). The van der Waals surface area contributed by atoms with Crippen LogP contribution in [0.1, 0.15) is 38.1 Å². The van der Waals surface area contributed by atoms with Gasteiger partial charge in [-0.2, -0.15) is 5.10 Å². The van der Waals surface area contributed by atoms with Crippen molar-refractivity contribution in [2.24, 2.45) is 7.05 Å². The highest BCUT2D eigenvalue weighted by atomic mass is 79.9. The second-order valence-corrected chi connectivity index (χ2v) is 5.76. The van der Waals surface area contributed by atoms with Crippen LogP contribution in [0.2, 0.25) is 0 Å². The van der Waals surface area contributed by atoms with Gasteiger partial charge >= 0.3 is 0 Å². The van der Waals surface area contributed by atoms with Gasteiger partial charge in [-0.25, -0.2) is 0 Å². The van der Waals surface area contributed by atoms with Gasteiger partial charge in [-0.3, -0.25) is 4.68 Å². The minimum atomic E-state index is 0.373. The molecule has 1 N–H and O–H groups in total. The van der Waals surface area contributed by atoms with Crippen LogP contribution in [-0.4, -0.2) is 28.5 Å². The monoisotopic (exact) mass is 315 g/mol. The normalized spacial score (nSPS) is 24.4. The highest BCUT2D eigenvalue weighted by Crippen LogP contribution is 2.22. The maximum Gasteiger partial charge on any atom is 0.0767 e. The molecule has 2 unspecified atom stereocenters. The average Bonchev–Trinajstić information content (AvgIpc) is 2.62. The molecule has 0 radical (unpaired) electrons. The molecular weight excluding hydrogens is 294 g/mol. The van der Waals surface area contributed by atoms with Gasteiger partial charge in [-0.05, 0) is 42.1 Å². The summed E-state index contributed by atoms with van der Waals surface area (Å²) in [6.07, 6.45) is 3.52. The summed E-state index contributed by atoms with van der Waals surface area (Å²) in [5, 5.41) is 8.13. The Kier molecular flexibility index (Phi) is 4.81. The van der Waals surface area contributed by atoms with Gasteiger partial charge in [0.25, 0.3) is 0 Å². The number of rotatable bonds is 4. The number of ether oxygens (including phenoxy) is 1. The Hall–Kier alpha value is -0.390. The molecule has 5 heteroatoms. The van der Waals surface area contributed by atoms with Crippen LogP contribution in [0.3, 0.4) is 0 Å². The van der Waals surface area contributed by atoms with Crippen molar-refractivity contribution in [3.05, 3.63) is 15.9 Å². The highest BCUT2D eigenvalue weighted by Gasteiger charge is 2.20. The fourth-order valence-corrected chi connectivity index (χ4v) is 3.19. The lowest BCUT2D eigenvalue weighted by atomic mass is 10.0. The van der Waals surface area contributed by atoms with Gasteiger partial charge in [-0.1, -0.05) is 6.92 Å². The van der Waals surface area contributed by atoms with Crippen LogP contribution in [0.5, 0.6) is 0 Å². The number of aryl methyl sites for hydroxylation is 2. The SMILES string of the molecule is CCc1nn(C)c(CNC2CCOC(C)C2)c1Br. The first-order chi connectivity index (χ1) is 8.61. The Balaban J connectivity index is 1.95. The molecule has 1 aliphatic rings. The Morgan fingerprint density at radius 2 is 2.33 bits per heavy atom. The van der Waals surface area contributed by atoms with Crippen LogP contribution in [0, 0.1) is 0 Å². The summed E-state index contributed by atoms with van der Waals surface area (Å²) in [6, 6.07) is 0.556. The van der Waals surface area contributed by atoms with Crippen LogP contribution < -0.4 is 5.32 Å². The second kappa shape index (κ2) is 6.17. The van der Waals surface area contributed by atoms with E-state index in [9.17, 15) is 0 Å². The van der Waals surface area contributed by atoms with Gasteiger partial charge < -0.3 is 10.1 Å². The summed E-state index contributed by atoms with van der Waals surface area (Å²) in [5.74, 6) is 0. The van der Waals surface area contributed by atoms with E-state index in [0.29, 0.717) is 12.1 Å². The van der Waals surface area contributed by atoms with E-state index in [-0.39, 0.29) is 0 Å². The maximum atomic E-state index is 5.56. The van der Waals surface area contributed by atoms with Gasteiger partial charge in [0.05, 0.1) is 22.0 Å². The molecule has 2 atom stereocenters. The maximum absolute atomic E-state index is 5.56. The first kappa shape index (κ1) is 14.0. The minimum Gasteiger partial charge on any atom is -0.378 e. The van der Waals surface area contributed by atoms with Crippen molar-refractivity contribution in [3.63, 3.8) is 0 Å². The predicted molar refractivity (Wildman–Crippen MR) is 75.6 cm³/mol. The van der Waals surface area contributed by atoms with E-state index < -0.39 is 0 Å². The third-order valence-corrected chi connectivity index (χ3v) is 4.46. The first-order valence-corrected chi connectivity index (χ1v) is 7.46. The Labute approximate surface area is 117 Å². The molecule has 4 nitrogen and oxygen atoms in total. The molecular formula is C13H22BrN3O. The van der Waals surface area contributed by atoms with Crippen LogP contribution in [0.15, 0.2) is 4.47 Å². The van der Waals surface area contributed by atoms with E-state index >= 15 is 0 Å². The standard InChI is InChI=1S/C13H22BrN3O/c1-4-11-13(14)12(17(3)16-11)8-15-10-5-6-18-9(2)7-10/h9-10,15H,4-8H2,1-3H3. The topological polar surface area (TPSA) is 39.1 Å². The lowest BCUT2D eigenvalue weighted by Gasteiger charge is -2.28. The molecule has 1 aromatic rings. The summed E-state index contributed by atoms with van der Waals surface area (Å²) >= 11 is 3.65. The molecule has 1 fully saturated rings. The smallest absolute Gasteiger partial charge is 0.0767 e. The number of nitrogens with one attached hydrogen (secondary N) is 1. The first-order valence-electron chi connectivity index (χ1n) is 6.67. The van der Waals surface area contributed by atoms with Gasteiger partial charge in [0.1, 0.15) is 0 Å². The second-order valence-electron chi connectivity index (χ2n) is 4.97. The molecule has 0 aliphatic carbocycles. The van der Waals surface area contributed by atoms with Crippen molar-refractivity contribution >= 4 is 15.9 Å².